The molecular formula is C8H15ClN2. The highest BCUT2D eigenvalue weighted by atomic mass is 35.5. The zero-order valence-corrected chi connectivity index (χ0v) is 7.40. The van der Waals surface area contributed by atoms with Crippen LogP contribution in [0.2, 0.25) is 0 Å². The molecule has 0 radical (unpaired) electrons. The molecule has 2 unspecified atom stereocenters. The summed E-state index contributed by atoms with van der Waals surface area (Å²) < 4.78 is 0. The van der Waals surface area contributed by atoms with Crippen LogP contribution in [-0.4, -0.2) is 18.6 Å². The predicted octanol–water partition coefficient (Wildman–Crippen LogP) is 1.21. The van der Waals surface area contributed by atoms with Crippen LogP contribution in [0.15, 0.2) is 11.6 Å². The zero-order valence-electron chi connectivity index (χ0n) is 6.65. The van der Waals surface area contributed by atoms with E-state index in [9.17, 15) is 0 Å². The van der Waals surface area contributed by atoms with E-state index in [1.807, 2.05) is 0 Å². The Bertz CT molecular complexity index is 147. The van der Waals surface area contributed by atoms with Gasteiger partial charge in [0.2, 0.25) is 0 Å². The molecule has 1 saturated carbocycles. The first-order chi connectivity index (χ1) is 5.18. The smallest absolute Gasteiger partial charge is 0.0310 e. The van der Waals surface area contributed by atoms with E-state index in [1.165, 1.54) is 6.42 Å². The molecule has 3 heteroatoms. The van der Waals surface area contributed by atoms with Crippen molar-refractivity contribution in [2.24, 2.45) is 5.73 Å². The first-order valence-electron chi connectivity index (χ1n) is 4.00. The Balaban J connectivity index is 2.13. The van der Waals surface area contributed by atoms with Crippen molar-refractivity contribution in [3.05, 3.63) is 11.6 Å². The molecule has 0 amide bonds. The quantitative estimate of drug-likeness (QED) is 0.675. The Hall–Kier alpha value is -0.0500. The molecule has 0 aromatic heterocycles. The van der Waals surface area contributed by atoms with E-state index in [0.717, 1.165) is 12.8 Å². The third-order valence-electron chi connectivity index (χ3n) is 2.06. The molecule has 0 heterocycles. The van der Waals surface area contributed by atoms with Crippen molar-refractivity contribution in [1.29, 1.82) is 0 Å². The van der Waals surface area contributed by atoms with Gasteiger partial charge in [0, 0.05) is 23.7 Å². The topological polar surface area (TPSA) is 38.0 Å². The SMILES string of the molecule is C=C(Cl)CNC1CCC(N)C1. The van der Waals surface area contributed by atoms with Crippen molar-refractivity contribution in [3.8, 4) is 0 Å². The Labute approximate surface area is 72.8 Å². The molecule has 2 atom stereocenters. The van der Waals surface area contributed by atoms with Crippen molar-refractivity contribution < 1.29 is 0 Å². The van der Waals surface area contributed by atoms with Gasteiger partial charge in [0.15, 0.2) is 0 Å². The van der Waals surface area contributed by atoms with Crippen LogP contribution in [0.3, 0.4) is 0 Å². The predicted molar refractivity (Wildman–Crippen MR) is 48.6 cm³/mol. The highest BCUT2D eigenvalue weighted by Gasteiger charge is 2.20. The zero-order chi connectivity index (χ0) is 8.27. The van der Waals surface area contributed by atoms with E-state index >= 15 is 0 Å². The largest absolute Gasteiger partial charge is 0.328 e. The van der Waals surface area contributed by atoms with E-state index in [0.29, 0.717) is 23.7 Å². The third kappa shape index (κ3) is 3.23. The van der Waals surface area contributed by atoms with Crippen molar-refractivity contribution in [2.75, 3.05) is 6.54 Å². The summed E-state index contributed by atoms with van der Waals surface area (Å²) in [6.07, 6.45) is 3.38. The minimum absolute atomic E-state index is 0.385. The van der Waals surface area contributed by atoms with Crippen LogP contribution in [0.25, 0.3) is 0 Å². The number of hydrogen-bond acceptors (Lipinski definition) is 2. The minimum Gasteiger partial charge on any atom is -0.328 e. The van der Waals surface area contributed by atoms with E-state index in [4.69, 9.17) is 17.3 Å². The van der Waals surface area contributed by atoms with Crippen LogP contribution in [0.1, 0.15) is 19.3 Å². The maximum atomic E-state index is 5.74. The summed E-state index contributed by atoms with van der Waals surface area (Å²) in [5.41, 5.74) is 5.74. The lowest BCUT2D eigenvalue weighted by atomic mass is 10.2. The normalized spacial score (nSPS) is 30.7. The van der Waals surface area contributed by atoms with Crippen LogP contribution in [0.5, 0.6) is 0 Å². The summed E-state index contributed by atoms with van der Waals surface area (Å²) >= 11 is 5.60. The Kier molecular flexibility index (Phi) is 3.37. The molecule has 2 nitrogen and oxygen atoms in total. The van der Waals surface area contributed by atoms with Gasteiger partial charge in [-0.15, -0.1) is 0 Å². The number of hydrogen-bond donors (Lipinski definition) is 2. The van der Waals surface area contributed by atoms with Gasteiger partial charge in [0.25, 0.3) is 0 Å². The molecule has 11 heavy (non-hydrogen) atoms. The maximum Gasteiger partial charge on any atom is 0.0310 e. The highest BCUT2D eigenvalue weighted by molar-refractivity contribution is 6.29. The molecule has 1 aliphatic rings. The van der Waals surface area contributed by atoms with E-state index < -0.39 is 0 Å². The van der Waals surface area contributed by atoms with Gasteiger partial charge >= 0.3 is 0 Å². The fourth-order valence-electron chi connectivity index (χ4n) is 1.46. The molecule has 0 bridgehead atoms. The standard InChI is InChI=1S/C8H15ClN2/c1-6(9)5-11-8-3-2-7(10)4-8/h7-8,11H,1-5,10H2. The van der Waals surface area contributed by atoms with Gasteiger partial charge in [-0.1, -0.05) is 18.2 Å². The monoisotopic (exact) mass is 174 g/mol. The molecule has 1 fully saturated rings. The lowest BCUT2D eigenvalue weighted by Crippen LogP contribution is -2.29. The molecule has 3 N–H and O–H groups in total. The van der Waals surface area contributed by atoms with Gasteiger partial charge in [-0.05, 0) is 19.3 Å². The third-order valence-corrected chi connectivity index (χ3v) is 2.19. The molecule has 0 aromatic carbocycles. The summed E-state index contributed by atoms with van der Waals surface area (Å²) in [6, 6.07) is 0.941. The molecule has 0 saturated heterocycles. The Morgan fingerprint density at radius 3 is 2.82 bits per heavy atom. The number of nitrogens with two attached hydrogens (primary N) is 1. The first kappa shape index (κ1) is 9.04. The van der Waals surface area contributed by atoms with Gasteiger partial charge < -0.3 is 11.1 Å². The van der Waals surface area contributed by atoms with E-state index in [2.05, 4.69) is 11.9 Å². The number of nitrogens with one attached hydrogen (secondary N) is 1. The van der Waals surface area contributed by atoms with Gasteiger partial charge in [-0.2, -0.15) is 0 Å². The summed E-state index contributed by atoms with van der Waals surface area (Å²) in [6.45, 7) is 4.31. The van der Waals surface area contributed by atoms with Crippen molar-refractivity contribution in [3.63, 3.8) is 0 Å². The van der Waals surface area contributed by atoms with Crippen molar-refractivity contribution >= 4 is 11.6 Å². The van der Waals surface area contributed by atoms with Crippen molar-refractivity contribution in [2.45, 2.75) is 31.3 Å². The Morgan fingerprint density at radius 2 is 2.36 bits per heavy atom. The van der Waals surface area contributed by atoms with Gasteiger partial charge in [0.1, 0.15) is 0 Å². The molecule has 1 rings (SSSR count). The number of halogens is 1. The highest BCUT2D eigenvalue weighted by Crippen LogP contribution is 2.17. The molecule has 0 aromatic rings. The second kappa shape index (κ2) is 4.10. The second-order valence-corrected chi connectivity index (χ2v) is 3.70. The van der Waals surface area contributed by atoms with Gasteiger partial charge in [0.05, 0.1) is 0 Å². The van der Waals surface area contributed by atoms with Crippen LogP contribution in [-0.2, 0) is 0 Å². The van der Waals surface area contributed by atoms with E-state index in [-0.39, 0.29) is 0 Å². The average molecular weight is 175 g/mol. The Morgan fingerprint density at radius 1 is 1.64 bits per heavy atom. The fourth-order valence-corrected chi connectivity index (χ4v) is 1.53. The molecule has 64 valence electrons. The average Bonchev–Trinajstić information content (AvgIpc) is 2.31. The fraction of sp³-hybridized carbons (Fsp3) is 0.750. The van der Waals surface area contributed by atoms with Crippen LogP contribution < -0.4 is 11.1 Å². The molecular weight excluding hydrogens is 160 g/mol. The van der Waals surface area contributed by atoms with Gasteiger partial charge in [-0.25, -0.2) is 0 Å². The van der Waals surface area contributed by atoms with Crippen molar-refractivity contribution in [1.82, 2.24) is 5.32 Å². The van der Waals surface area contributed by atoms with Crippen LogP contribution >= 0.6 is 11.6 Å². The van der Waals surface area contributed by atoms with E-state index in [1.54, 1.807) is 0 Å². The summed E-state index contributed by atoms with van der Waals surface area (Å²) in [4.78, 5) is 0. The van der Waals surface area contributed by atoms with Gasteiger partial charge in [-0.3, -0.25) is 0 Å². The molecule has 1 aliphatic carbocycles. The lowest BCUT2D eigenvalue weighted by Gasteiger charge is -2.10. The molecule has 0 aliphatic heterocycles. The summed E-state index contributed by atoms with van der Waals surface area (Å²) in [5.74, 6) is 0. The summed E-state index contributed by atoms with van der Waals surface area (Å²) in [5, 5.41) is 3.97. The lowest BCUT2D eigenvalue weighted by molar-refractivity contribution is 0.545. The van der Waals surface area contributed by atoms with Crippen LogP contribution in [0.4, 0.5) is 0 Å². The number of rotatable bonds is 3. The maximum absolute atomic E-state index is 5.74. The molecule has 0 spiro atoms. The first-order valence-corrected chi connectivity index (χ1v) is 4.38. The minimum atomic E-state index is 0.385. The second-order valence-electron chi connectivity index (χ2n) is 3.17. The summed E-state index contributed by atoms with van der Waals surface area (Å²) in [7, 11) is 0. The van der Waals surface area contributed by atoms with Crippen LogP contribution in [0, 0.1) is 0 Å².